The second-order valence-electron chi connectivity index (χ2n) is 11.4. The van der Waals surface area contributed by atoms with Crippen LogP contribution in [0.4, 0.5) is 0 Å². The van der Waals surface area contributed by atoms with Crippen LogP contribution in [0.1, 0.15) is 111 Å². The van der Waals surface area contributed by atoms with Gasteiger partial charge in [0.1, 0.15) is 0 Å². The number of ketones is 2. The predicted molar refractivity (Wildman–Crippen MR) is 137 cm³/mol. The fourth-order valence-corrected chi connectivity index (χ4v) is 4.53. The third-order valence-corrected chi connectivity index (χ3v) is 6.49. The lowest BCUT2D eigenvalue weighted by Crippen LogP contribution is -2.28. The lowest BCUT2D eigenvalue weighted by Gasteiger charge is -2.28. The third kappa shape index (κ3) is 5.75. The molecule has 0 saturated heterocycles. The zero-order valence-electron chi connectivity index (χ0n) is 22.5. The Hall–Kier alpha value is -3.28. The minimum atomic E-state index is -0.580. The van der Waals surface area contributed by atoms with Crippen LogP contribution in [0.2, 0.25) is 0 Å². The summed E-state index contributed by atoms with van der Waals surface area (Å²) in [5, 5.41) is 0. The summed E-state index contributed by atoms with van der Waals surface area (Å²) in [5.74, 6) is -1.09. The smallest absolute Gasteiger partial charge is 0.306 e. The Morgan fingerprint density at radius 3 is 1.28 bits per heavy atom. The van der Waals surface area contributed by atoms with Crippen LogP contribution in [0, 0.1) is 0 Å². The Morgan fingerprint density at radius 1 is 0.639 bits per heavy atom. The van der Waals surface area contributed by atoms with Gasteiger partial charge in [-0.25, -0.2) is 0 Å². The normalized spacial score (nSPS) is 13.5. The molecule has 1 aliphatic carbocycles. The van der Waals surface area contributed by atoms with E-state index in [0.29, 0.717) is 22.3 Å². The number of carbonyl (C=O) groups excluding carboxylic acids is 4. The van der Waals surface area contributed by atoms with Gasteiger partial charge in [-0.15, -0.1) is 0 Å². The molecule has 0 fully saturated rings. The third-order valence-electron chi connectivity index (χ3n) is 6.49. The molecule has 0 saturated carbocycles. The first kappa shape index (κ1) is 27.3. The van der Waals surface area contributed by atoms with Crippen LogP contribution in [0.3, 0.4) is 0 Å². The summed E-state index contributed by atoms with van der Waals surface area (Å²) >= 11 is 0. The van der Waals surface area contributed by atoms with E-state index in [-0.39, 0.29) is 48.6 Å². The number of hydrogen-bond acceptors (Lipinski definition) is 6. The van der Waals surface area contributed by atoms with Crippen molar-refractivity contribution < 1.29 is 28.7 Å². The minimum Gasteiger partial charge on any atom is -0.463 e. The number of fused-ring (bicyclic) bond motifs is 2. The summed E-state index contributed by atoms with van der Waals surface area (Å²) in [6.07, 6.45) is -0.104. The summed E-state index contributed by atoms with van der Waals surface area (Å²) < 4.78 is 10.6. The molecule has 0 bridgehead atoms. The molecule has 6 heteroatoms. The van der Waals surface area contributed by atoms with Crippen molar-refractivity contribution in [2.24, 2.45) is 0 Å². The Kier molecular flexibility index (Phi) is 7.58. The molecule has 1 aliphatic rings. The van der Waals surface area contributed by atoms with Gasteiger partial charge in [-0.2, -0.15) is 0 Å². The minimum absolute atomic E-state index is 0.153. The van der Waals surface area contributed by atoms with Gasteiger partial charge in [0.15, 0.2) is 11.6 Å². The number of hydrogen-bond donors (Lipinski definition) is 0. The van der Waals surface area contributed by atoms with Crippen molar-refractivity contribution in [1.29, 1.82) is 0 Å². The van der Waals surface area contributed by atoms with Gasteiger partial charge in [0.25, 0.3) is 0 Å². The zero-order valence-corrected chi connectivity index (χ0v) is 22.5. The fourth-order valence-electron chi connectivity index (χ4n) is 4.53. The first-order valence-electron chi connectivity index (χ1n) is 12.4. The molecule has 6 nitrogen and oxygen atoms in total. The van der Waals surface area contributed by atoms with E-state index in [0.717, 1.165) is 11.1 Å². The fraction of sp³-hybridized carbons (Fsp3) is 0.467. The van der Waals surface area contributed by atoms with Crippen molar-refractivity contribution in [2.45, 2.75) is 91.3 Å². The Labute approximate surface area is 213 Å². The highest BCUT2D eigenvalue weighted by molar-refractivity contribution is 6.28. The molecule has 2 aromatic carbocycles. The zero-order chi connectivity index (χ0) is 27.0. The van der Waals surface area contributed by atoms with Gasteiger partial charge in [-0.3, -0.25) is 19.2 Å². The molecule has 0 atom stereocenters. The highest BCUT2D eigenvalue weighted by Crippen LogP contribution is 2.36. The molecular weight excluding hydrogens is 456 g/mol. The largest absolute Gasteiger partial charge is 0.463 e. The van der Waals surface area contributed by atoms with Crippen molar-refractivity contribution in [3.8, 4) is 0 Å². The van der Waals surface area contributed by atoms with Gasteiger partial charge in [0.05, 0.1) is 25.0 Å². The second kappa shape index (κ2) is 10.00. The second-order valence-corrected chi connectivity index (χ2v) is 11.4. The van der Waals surface area contributed by atoms with Gasteiger partial charge in [0, 0.05) is 33.1 Å². The maximum absolute atomic E-state index is 13.4. The maximum atomic E-state index is 13.4. The van der Waals surface area contributed by atoms with Gasteiger partial charge in [-0.1, -0.05) is 39.8 Å². The maximum Gasteiger partial charge on any atom is 0.306 e. The summed E-state index contributed by atoms with van der Waals surface area (Å²) in [6, 6.07) is 10.4. The number of carbonyl (C=O) groups is 4. The van der Waals surface area contributed by atoms with Crippen molar-refractivity contribution in [2.75, 3.05) is 0 Å². The number of rotatable bonds is 8. The molecule has 192 valence electrons. The Balaban J connectivity index is 1.93. The van der Waals surface area contributed by atoms with E-state index < -0.39 is 10.8 Å². The molecule has 0 aliphatic heterocycles. The van der Waals surface area contributed by atoms with E-state index in [1.54, 1.807) is 64.1 Å². The molecule has 0 N–H and O–H groups in total. The van der Waals surface area contributed by atoms with Crippen LogP contribution < -0.4 is 0 Å². The molecule has 0 amide bonds. The number of esters is 2. The average Bonchev–Trinajstić information content (AvgIpc) is 2.74. The van der Waals surface area contributed by atoms with Gasteiger partial charge in [-0.05, 0) is 63.1 Å². The molecule has 0 aromatic heterocycles. The van der Waals surface area contributed by atoms with Crippen molar-refractivity contribution >= 4 is 23.5 Å². The first-order chi connectivity index (χ1) is 16.6. The molecule has 2 aromatic rings. The van der Waals surface area contributed by atoms with Crippen LogP contribution in [0.25, 0.3) is 0 Å². The van der Waals surface area contributed by atoms with Crippen molar-refractivity contribution in [3.05, 3.63) is 69.8 Å². The predicted octanol–water partition coefficient (Wildman–Crippen LogP) is 5.70. The highest BCUT2D eigenvalue weighted by atomic mass is 16.5. The quantitative estimate of drug-likeness (QED) is 0.375. The van der Waals surface area contributed by atoms with E-state index in [1.807, 2.05) is 27.7 Å². The topological polar surface area (TPSA) is 86.7 Å². The summed E-state index contributed by atoms with van der Waals surface area (Å²) in [6.45, 7) is 14.9. The van der Waals surface area contributed by atoms with E-state index in [2.05, 4.69) is 0 Å². The lowest BCUT2D eigenvalue weighted by atomic mass is 9.75. The van der Waals surface area contributed by atoms with Gasteiger partial charge < -0.3 is 9.47 Å². The van der Waals surface area contributed by atoms with Crippen molar-refractivity contribution in [1.82, 2.24) is 0 Å². The lowest BCUT2D eigenvalue weighted by molar-refractivity contribution is -0.149. The Morgan fingerprint density at radius 2 is 0.972 bits per heavy atom. The summed E-state index contributed by atoms with van der Waals surface area (Å²) in [4.78, 5) is 51.4. The van der Waals surface area contributed by atoms with Gasteiger partial charge >= 0.3 is 11.9 Å². The van der Waals surface area contributed by atoms with Crippen LogP contribution >= 0.6 is 0 Å². The van der Waals surface area contributed by atoms with E-state index in [9.17, 15) is 19.2 Å². The molecule has 0 heterocycles. The molecule has 36 heavy (non-hydrogen) atoms. The van der Waals surface area contributed by atoms with Crippen LogP contribution in [0.5, 0.6) is 0 Å². The van der Waals surface area contributed by atoms with Crippen molar-refractivity contribution in [3.63, 3.8) is 0 Å². The highest BCUT2D eigenvalue weighted by Gasteiger charge is 2.34. The monoisotopic (exact) mass is 492 g/mol. The average molecular weight is 493 g/mol. The van der Waals surface area contributed by atoms with Crippen LogP contribution in [-0.4, -0.2) is 35.7 Å². The van der Waals surface area contributed by atoms with E-state index in [1.165, 1.54) is 0 Å². The standard InChI is InChI=1S/C30H36O6/c1-17(2)35-25(31)15-29(5,6)19-9-11-21-23(13-19)27(33)22-12-10-20(14-24(22)28(21)34)30(7,8)16-26(32)36-18(3)4/h9-14,17-18H,15-16H2,1-8H3. The number of ether oxygens (including phenoxy) is 2. The summed E-state index contributed by atoms with van der Waals surface area (Å²) in [5.41, 5.74) is 1.76. The molecular formula is C30H36O6. The molecule has 0 spiro atoms. The molecule has 0 radical (unpaired) electrons. The molecule has 0 unspecified atom stereocenters. The Bertz CT molecular complexity index is 1120. The van der Waals surface area contributed by atoms with Crippen LogP contribution in [-0.2, 0) is 29.9 Å². The van der Waals surface area contributed by atoms with E-state index in [4.69, 9.17) is 9.47 Å². The van der Waals surface area contributed by atoms with Gasteiger partial charge in [0.2, 0.25) is 0 Å². The van der Waals surface area contributed by atoms with Crippen LogP contribution in [0.15, 0.2) is 36.4 Å². The summed E-state index contributed by atoms with van der Waals surface area (Å²) in [7, 11) is 0. The number of benzene rings is 2. The molecule has 3 rings (SSSR count). The first-order valence-corrected chi connectivity index (χ1v) is 12.4. The SMILES string of the molecule is CC(C)OC(=O)CC(C)(C)c1ccc2c(c1)C(=O)c1ccc(C(C)(C)CC(=O)OC(C)C)cc1C2=O. The van der Waals surface area contributed by atoms with E-state index >= 15 is 0 Å².